The van der Waals surface area contributed by atoms with E-state index in [0.29, 0.717) is 11.4 Å². The molecule has 4 rings (SSSR count). The summed E-state index contributed by atoms with van der Waals surface area (Å²) in [6, 6.07) is 18.4. The van der Waals surface area contributed by atoms with Crippen LogP contribution >= 0.6 is 11.3 Å². The molecule has 0 aliphatic heterocycles. The van der Waals surface area contributed by atoms with Crippen LogP contribution in [0.2, 0.25) is 0 Å². The Morgan fingerprint density at radius 1 is 0.865 bits per heavy atom. The van der Waals surface area contributed by atoms with Gasteiger partial charge in [0, 0.05) is 24.8 Å². The lowest BCUT2D eigenvalue weighted by atomic mass is 10.2. The Labute approximate surface area is 217 Å². The highest BCUT2D eigenvalue weighted by Crippen LogP contribution is 2.20. The van der Waals surface area contributed by atoms with Crippen LogP contribution in [0, 0.1) is 0 Å². The summed E-state index contributed by atoms with van der Waals surface area (Å²) in [5, 5.41) is 7.18. The molecule has 0 aliphatic carbocycles. The Morgan fingerprint density at radius 2 is 1.54 bits per heavy atom. The molecule has 0 atom stereocenters. The molecule has 0 bridgehead atoms. The summed E-state index contributed by atoms with van der Waals surface area (Å²) < 4.78 is 32.6. The summed E-state index contributed by atoms with van der Waals surface area (Å²) >= 11 is 1.13. The van der Waals surface area contributed by atoms with Gasteiger partial charge in [-0.05, 0) is 46.8 Å². The van der Waals surface area contributed by atoms with Crippen LogP contribution < -0.4 is 20.1 Å². The van der Waals surface area contributed by atoms with E-state index >= 15 is 0 Å². The minimum atomic E-state index is -3.63. The summed E-state index contributed by atoms with van der Waals surface area (Å²) in [6.45, 7) is 0.444. The molecule has 3 N–H and O–H groups in total. The average molecular weight is 538 g/mol. The summed E-state index contributed by atoms with van der Waals surface area (Å²) in [4.78, 5) is 33.0. The zero-order valence-electron chi connectivity index (χ0n) is 19.7. The predicted octanol–water partition coefficient (Wildman–Crippen LogP) is 3.21. The van der Waals surface area contributed by atoms with Gasteiger partial charge in [-0.1, -0.05) is 30.3 Å². The summed E-state index contributed by atoms with van der Waals surface area (Å²) in [6.07, 6.45) is 1.16. The van der Waals surface area contributed by atoms with Crippen molar-refractivity contribution in [2.24, 2.45) is 0 Å². The van der Waals surface area contributed by atoms with Gasteiger partial charge in [0.05, 0.1) is 7.11 Å². The van der Waals surface area contributed by atoms with E-state index in [1.807, 2.05) is 24.3 Å². The van der Waals surface area contributed by atoms with Gasteiger partial charge in [0.2, 0.25) is 0 Å². The first-order chi connectivity index (χ1) is 17.8. The van der Waals surface area contributed by atoms with Crippen molar-refractivity contribution in [2.75, 3.05) is 11.8 Å². The highest BCUT2D eigenvalue weighted by atomic mass is 32.2. The molecule has 10 nitrogen and oxygen atoms in total. The van der Waals surface area contributed by atoms with Crippen LogP contribution in [-0.4, -0.2) is 37.3 Å². The number of sulfonamides is 1. The van der Waals surface area contributed by atoms with Gasteiger partial charge < -0.3 is 15.4 Å². The number of hydrogen-bond donors (Lipinski definition) is 3. The Bertz CT molecular complexity index is 1490. The van der Waals surface area contributed by atoms with Gasteiger partial charge in [0.1, 0.15) is 27.7 Å². The molecule has 2 heterocycles. The van der Waals surface area contributed by atoms with E-state index in [1.165, 1.54) is 12.1 Å². The lowest BCUT2D eigenvalue weighted by Crippen LogP contribution is -2.27. The fourth-order valence-electron chi connectivity index (χ4n) is 3.25. The molecule has 0 radical (unpaired) electrons. The maximum Gasteiger partial charge on any atom is 0.271 e. The number of nitrogens with zero attached hydrogens (tertiary/aromatic N) is 2. The zero-order chi connectivity index (χ0) is 26.3. The maximum absolute atomic E-state index is 12.6. The standard InChI is InChI=1S/C25H23N5O5S2/c1-35-20-5-2-4-18(12-20)15-27-25(32)22-13-21(28-16-29-22)24(31)26-14-17-7-9-19(10-8-17)30-37(33,34)23-6-3-11-36-23/h2-13,16,30H,14-15H2,1H3,(H,26,31)(H,27,32). The van der Waals surface area contributed by atoms with Crippen LogP contribution in [0.15, 0.2) is 82.6 Å². The van der Waals surface area contributed by atoms with Gasteiger partial charge in [-0.15, -0.1) is 11.3 Å². The van der Waals surface area contributed by atoms with Crippen LogP contribution in [0.3, 0.4) is 0 Å². The van der Waals surface area contributed by atoms with Gasteiger partial charge in [-0.2, -0.15) is 0 Å². The molecule has 2 amide bonds. The summed E-state index contributed by atoms with van der Waals surface area (Å²) in [5.41, 5.74) is 2.11. The van der Waals surface area contributed by atoms with Gasteiger partial charge >= 0.3 is 0 Å². The molecule has 0 aliphatic rings. The number of benzene rings is 2. The second-order valence-electron chi connectivity index (χ2n) is 7.74. The van der Waals surface area contributed by atoms with E-state index < -0.39 is 21.8 Å². The Kier molecular flexibility index (Phi) is 8.11. The first-order valence-electron chi connectivity index (χ1n) is 11.0. The molecule has 0 saturated heterocycles. The minimum Gasteiger partial charge on any atom is -0.497 e. The first-order valence-corrected chi connectivity index (χ1v) is 13.4. The molecular weight excluding hydrogens is 514 g/mol. The molecule has 2 aromatic carbocycles. The minimum absolute atomic E-state index is 0.0434. The van der Waals surface area contributed by atoms with Crippen LogP contribution in [0.4, 0.5) is 5.69 Å². The van der Waals surface area contributed by atoms with Gasteiger partial charge in [-0.25, -0.2) is 18.4 Å². The van der Waals surface area contributed by atoms with Crippen molar-refractivity contribution in [1.29, 1.82) is 0 Å². The SMILES string of the molecule is COc1cccc(CNC(=O)c2cc(C(=O)NCc3ccc(NS(=O)(=O)c4cccs4)cc3)ncn2)c1. The van der Waals surface area contributed by atoms with Crippen molar-refractivity contribution < 1.29 is 22.7 Å². The molecular formula is C25H23N5O5S2. The molecule has 0 fully saturated rings. The number of carbonyl (C=O) groups excluding carboxylic acids is 2. The monoisotopic (exact) mass is 537 g/mol. The van der Waals surface area contributed by atoms with Crippen LogP contribution in [0.1, 0.15) is 32.1 Å². The molecule has 12 heteroatoms. The number of rotatable bonds is 10. The number of carbonyl (C=O) groups is 2. The number of amides is 2. The fraction of sp³-hybridized carbons (Fsp3) is 0.120. The highest BCUT2D eigenvalue weighted by Gasteiger charge is 2.16. The van der Waals surface area contributed by atoms with E-state index in [-0.39, 0.29) is 28.7 Å². The number of aromatic nitrogens is 2. The van der Waals surface area contributed by atoms with E-state index in [1.54, 1.807) is 42.8 Å². The molecule has 4 aromatic rings. The third-order valence-electron chi connectivity index (χ3n) is 5.14. The Balaban J connectivity index is 1.31. The predicted molar refractivity (Wildman–Crippen MR) is 139 cm³/mol. The van der Waals surface area contributed by atoms with Gasteiger partial charge in [0.25, 0.3) is 21.8 Å². The van der Waals surface area contributed by atoms with Crippen molar-refractivity contribution in [1.82, 2.24) is 20.6 Å². The Morgan fingerprint density at radius 3 is 2.16 bits per heavy atom. The molecule has 0 spiro atoms. The van der Waals surface area contributed by atoms with Crippen LogP contribution in [0.5, 0.6) is 5.75 Å². The molecule has 37 heavy (non-hydrogen) atoms. The molecule has 0 unspecified atom stereocenters. The highest BCUT2D eigenvalue weighted by molar-refractivity contribution is 7.94. The van der Waals surface area contributed by atoms with Crippen molar-refractivity contribution in [3.63, 3.8) is 0 Å². The number of methoxy groups -OCH3 is 1. The summed E-state index contributed by atoms with van der Waals surface area (Å²) in [7, 11) is -2.07. The van der Waals surface area contributed by atoms with Gasteiger partial charge in [0.15, 0.2) is 0 Å². The summed E-state index contributed by atoms with van der Waals surface area (Å²) in [5.74, 6) is -0.242. The van der Waals surface area contributed by atoms with Crippen molar-refractivity contribution in [2.45, 2.75) is 17.3 Å². The second kappa shape index (κ2) is 11.6. The third kappa shape index (κ3) is 6.90. The fourth-order valence-corrected chi connectivity index (χ4v) is 5.30. The largest absolute Gasteiger partial charge is 0.497 e. The van der Waals surface area contributed by atoms with Crippen LogP contribution in [-0.2, 0) is 23.1 Å². The normalized spacial score (nSPS) is 10.9. The molecule has 190 valence electrons. The van der Waals surface area contributed by atoms with E-state index in [9.17, 15) is 18.0 Å². The van der Waals surface area contributed by atoms with Crippen molar-refractivity contribution >= 4 is 38.9 Å². The van der Waals surface area contributed by atoms with E-state index in [2.05, 4.69) is 25.3 Å². The van der Waals surface area contributed by atoms with Gasteiger partial charge in [-0.3, -0.25) is 14.3 Å². The molecule has 0 saturated carbocycles. The zero-order valence-corrected chi connectivity index (χ0v) is 21.3. The quantitative estimate of drug-likeness (QED) is 0.282. The van der Waals surface area contributed by atoms with Crippen molar-refractivity contribution in [3.8, 4) is 5.75 Å². The van der Waals surface area contributed by atoms with Crippen LogP contribution in [0.25, 0.3) is 0 Å². The average Bonchev–Trinajstić information content (AvgIpc) is 3.48. The molecule has 2 aromatic heterocycles. The smallest absolute Gasteiger partial charge is 0.271 e. The maximum atomic E-state index is 12.6. The lowest BCUT2D eigenvalue weighted by Gasteiger charge is -2.09. The first kappa shape index (κ1) is 25.8. The van der Waals surface area contributed by atoms with E-state index in [4.69, 9.17) is 4.74 Å². The number of hydrogen-bond acceptors (Lipinski definition) is 8. The second-order valence-corrected chi connectivity index (χ2v) is 10.6. The number of nitrogens with one attached hydrogen (secondary N) is 3. The number of thiophene rings is 1. The van der Waals surface area contributed by atoms with Crippen molar-refractivity contribution in [3.05, 3.63) is 101 Å². The lowest BCUT2D eigenvalue weighted by molar-refractivity contribution is 0.0944. The number of ether oxygens (including phenoxy) is 1. The number of anilines is 1. The Hall–Kier alpha value is -4.29. The topological polar surface area (TPSA) is 139 Å². The third-order valence-corrected chi connectivity index (χ3v) is 7.92. The van der Waals surface area contributed by atoms with E-state index in [0.717, 1.165) is 28.8 Å².